The number of carbonyl (C=O) groups excluding carboxylic acids is 3. The van der Waals surface area contributed by atoms with Crippen LogP contribution in [0, 0.1) is 0 Å². The predicted octanol–water partition coefficient (Wildman–Crippen LogP) is 2.29. The van der Waals surface area contributed by atoms with Crippen molar-refractivity contribution in [3.63, 3.8) is 0 Å². The third kappa shape index (κ3) is 8.76. The van der Waals surface area contributed by atoms with Crippen molar-refractivity contribution in [2.75, 3.05) is 13.7 Å². The first-order valence-electron chi connectivity index (χ1n) is 13.2. The summed E-state index contributed by atoms with van der Waals surface area (Å²) in [7, 11) is 1.34. The van der Waals surface area contributed by atoms with Crippen LogP contribution in [0.4, 0.5) is 0 Å². The van der Waals surface area contributed by atoms with Gasteiger partial charge in [0.2, 0.25) is 5.91 Å². The van der Waals surface area contributed by atoms with Crippen LogP contribution in [0.15, 0.2) is 36.0 Å². The van der Waals surface area contributed by atoms with E-state index in [4.69, 9.17) is 23.7 Å². The van der Waals surface area contributed by atoms with Gasteiger partial charge in [0, 0.05) is 19.4 Å². The lowest BCUT2D eigenvalue weighted by molar-refractivity contribution is -0.157. The number of epoxide rings is 1. The normalized spacial score (nSPS) is 34.3. The van der Waals surface area contributed by atoms with Crippen LogP contribution in [-0.2, 0) is 38.1 Å². The Bertz CT molecular complexity index is 939. The minimum absolute atomic E-state index is 0.0325. The number of esters is 2. The zero-order valence-electron chi connectivity index (χ0n) is 22.9. The van der Waals surface area contributed by atoms with Crippen molar-refractivity contribution in [3.05, 3.63) is 36.0 Å². The Morgan fingerprint density at radius 1 is 1.16 bits per heavy atom. The van der Waals surface area contributed by atoms with Crippen LogP contribution in [0.3, 0.4) is 0 Å². The van der Waals surface area contributed by atoms with E-state index in [1.165, 1.54) is 20.1 Å². The van der Waals surface area contributed by atoms with Crippen molar-refractivity contribution >= 4 is 17.8 Å². The predicted molar refractivity (Wildman–Crippen MR) is 138 cm³/mol. The molecule has 3 heterocycles. The van der Waals surface area contributed by atoms with E-state index in [-0.39, 0.29) is 42.7 Å². The zero-order valence-corrected chi connectivity index (χ0v) is 22.9. The molecule has 0 aromatic heterocycles. The van der Waals surface area contributed by atoms with Gasteiger partial charge in [0.15, 0.2) is 0 Å². The van der Waals surface area contributed by atoms with E-state index in [1.54, 1.807) is 13.0 Å². The molecule has 2 N–H and O–H groups in total. The maximum absolute atomic E-state index is 12.2. The van der Waals surface area contributed by atoms with Crippen LogP contribution in [-0.4, -0.2) is 84.9 Å². The Labute approximate surface area is 224 Å². The van der Waals surface area contributed by atoms with Crippen LogP contribution in [0.2, 0.25) is 0 Å². The quantitative estimate of drug-likeness (QED) is 0.187. The summed E-state index contributed by atoms with van der Waals surface area (Å²) in [6.07, 6.45) is 9.29. The summed E-state index contributed by atoms with van der Waals surface area (Å²) in [5.74, 6) is -0.994. The Morgan fingerprint density at radius 3 is 2.53 bits per heavy atom. The maximum atomic E-state index is 12.2. The fourth-order valence-corrected chi connectivity index (χ4v) is 4.89. The molecule has 0 radical (unpaired) electrons. The van der Waals surface area contributed by atoms with Crippen LogP contribution in [0.5, 0.6) is 0 Å². The van der Waals surface area contributed by atoms with Crippen molar-refractivity contribution < 1.29 is 43.2 Å². The van der Waals surface area contributed by atoms with Gasteiger partial charge in [0.1, 0.15) is 23.9 Å². The van der Waals surface area contributed by atoms with E-state index in [1.807, 2.05) is 26.0 Å². The first-order valence-corrected chi connectivity index (χ1v) is 13.2. The van der Waals surface area contributed by atoms with Gasteiger partial charge >= 0.3 is 11.9 Å². The molecule has 3 aliphatic rings. The highest BCUT2D eigenvalue weighted by molar-refractivity contribution is 5.87. The molecule has 3 fully saturated rings. The molecule has 0 aliphatic carbocycles. The summed E-state index contributed by atoms with van der Waals surface area (Å²) in [4.78, 5) is 34.9. The van der Waals surface area contributed by atoms with Crippen LogP contribution >= 0.6 is 0 Å². The number of ether oxygens (including phenoxy) is 5. The SMILES string of the molecule is COC(=O)C[C@H]1C[C@@]2(CO2)[C@H](O)C(/C=C/C(C)=C/C[C@H]2CC[C@@H](NC(=O)/C=C\[C@H](C)OC(C)=O)[C@@H](C)O2)O1. The van der Waals surface area contributed by atoms with E-state index >= 15 is 0 Å². The van der Waals surface area contributed by atoms with E-state index in [2.05, 4.69) is 11.4 Å². The van der Waals surface area contributed by atoms with Gasteiger partial charge in [0.05, 0.1) is 44.5 Å². The van der Waals surface area contributed by atoms with Crippen LogP contribution in [0.1, 0.15) is 59.8 Å². The molecule has 1 unspecified atom stereocenters. The van der Waals surface area contributed by atoms with Crippen molar-refractivity contribution in [1.82, 2.24) is 5.32 Å². The van der Waals surface area contributed by atoms with Gasteiger partial charge in [-0.15, -0.1) is 0 Å². The molecule has 8 atom stereocenters. The molecule has 1 amide bonds. The second-order valence-electron chi connectivity index (χ2n) is 10.4. The summed E-state index contributed by atoms with van der Waals surface area (Å²) >= 11 is 0. The number of rotatable bonds is 10. The lowest BCUT2D eigenvalue weighted by Gasteiger charge is -2.36. The molecule has 1 spiro atoms. The number of carbonyl (C=O) groups is 3. The van der Waals surface area contributed by atoms with E-state index in [0.29, 0.717) is 19.4 Å². The number of aliphatic hydroxyl groups is 1. The van der Waals surface area contributed by atoms with Crippen molar-refractivity contribution in [2.45, 2.75) is 108 Å². The standard InChI is InChI=1S/C28H41NO9/c1-17(7-12-24-27(33)28(16-35-28)15-22(38-24)14-26(32)34-5)6-9-21-10-11-23(19(3)37-21)29-25(31)13-8-18(2)36-20(4)30/h6-8,12-13,18-19,21-24,27,33H,9-11,14-16H2,1-5H3,(H,29,31)/b12-7+,13-8-,17-6+/t18-,19+,21-,22-,23+,24?,27+,28+/m0/s1. The summed E-state index contributed by atoms with van der Waals surface area (Å²) in [6.45, 7) is 7.39. The summed E-state index contributed by atoms with van der Waals surface area (Å²) < 4.78 is 27.4. The number of hydrogen-bond donors (Lipinski definition) is 2. The summed E-state index contributed by atoms with van der Waals surface area (Å²) in [5, 5.41) is 13.7. The second kappa shape index (κ2) is 13.5. The van der Waals surface area contributed by atoms with Crippen molar-refractivity contribution in [3.8, 4) is 0 Å². The van der Waals surface area contributed by atoms with Gasteiger partial charge in [-0.1, -0.05) is 23.8 Å². The summed E-state index contributed by atoms with van der Waals surface area (Å²) in [5.41, 5.74) is 0.359. The molecular weight excluding hydrogens is 494 g/mol. The Kier molecular flexibility index (Phi) is 10.7. The molecule has 3 aliphatic heterocycles. The number of aliphatic hydroxyl groups excluding tert-OH is 1. The van der Waals surface area contributed by atoms with Crippen LogP contribution < -0.4 is 5.32 Å². The molecule has 0 bridgehead atoms. The molecule has 3 rings (SSSR count). The van der Waals surface area contributed by atoms with Gasteiger partial charge in [0.25, 0.3) is 0 Å². The summed E-state index contributed by atoms with van der Waals surface area (Å²) in [6, 6.07) is -0.0998. The molecule has 0 aromatic carbocycles. The Hall–Kier alpha value is -2.53. The highest BCUT2D eigenvalue weighted by atomic mass is 16.6. The number of hydrogen-bond acceptors (Lipinski definition) is 9. The van der Waals surface area contributed by atoms with Crippen molar-refractivity contribution in [2.24, 2.45) is 0 Å². The molecule has 212 valence electrons. The highest BCUT2D eigenvalue weighted by Gasteiger charge is 2.58. The van der Waals surface area contributed by atoms with Crippen LogP contribution in [0.25, 0.3) is 0 Å². The van der Waals surface area contributed by atoms with E-state index in [9.17, 15) is 19.5 Å². The van der Waals surface area contributed by atoms with Crippen molar-refractivity contribution in [1.29, 1.82) is 0 Å². The fraction of sp³-hybridized carbons (Fsp3) is 0.679. The smallest absolute Gasteiger partial charge is 0.308 e. The first kappa shape index (κ1) is 30.0. The van der Waals surface area contributed by atoms with Gasteiger partial charge in [-0.2, -0.15) is 0 Å². The minimum Gasteiger partial charge on any atom is -0.469 e. The van der Waals surface area contributed by atoms with E-state index in [0.717, 1.165) is 18.4 Å². The van der Waals surface area contributed by atoms with Gasteiger partial charge in [-0.05, 0) is 46.1 Å². The average Bonchev–Trinajstić information content (AvgIpc) is 3.63. The third-order valence-electron chi connectivity index (χ3n) is 7.13. The number of methoxy groups -OCH3 is 1. The highest BCUT2D eigenvalue weighted by Crippen LogP contribution is 2.43. The lowest BCUT2D eigenvalue weighted by atomic mass is 9.87. The third-order valence-corrected chi connectivity index (χ3v) is 7.13. The molecule has 10 heteroatoms. The first-order chi connectivity index (χ1) is 18.0. The largest absolute Gasteiger partial charge is 0.469 e. The number of allylic oxidation sites excluding steroid dienone is 2. The molecule has 0 aromatic rings. The maximum Gasteiger partial charge on any atom is 0.308 e. The molecule has 0 saturated carbocycles. The van der Waals surface area contributed by atoms with Gasteiger partial charge in [-0.25, -0.2) is 0 Å². The van der Waals surface area contributed by atoms with E-state index < -0.39 is 29.9 Å². The molecular formula is C28H41NO9. The minimum atomic E-state index is -0.796. The Morgan fingerprint density at radius 2 is 1.89 bits per heavy atom. The lowest BCUT2D eigenvalue weighted by Crippen LogP contribution is -2.50. The fourth-order valence-electron chi connectivity index (χ4n) is 4.89. The average molecular weight is 536 g/mol. The number of amides is 1. The molecule has 10 nitrogen and oxygen atoms in total. The Balaban J connectivity index is 1.45. The second-order valence-corrected chi connectivity index (χ2v) is 10.4. The van der Waals surface area contributed by atoms with Gasteiger partial charge < -0.3 is 34.1 Å². The molecule has 38 heavy (non-hydrogen) atoms. The number of nitrogens with one attached hydrogen (secondary N) is 1. The van der Waals surface area contributed by atoms with Gasteiger partial charge in [-0.3, -0.25) is 14.4 Å². The monoisotopic (exact) mass is 535 g/mol. The zero-order chi connectivity index (χ0) is 27.9. The topological polar surface area (TPSA) is 133 Å². The molecule has 3 saturated heterocycles.